The summed E-state index contributed by atoms with van der Waals surface area (Å²) in [6, 6.07) is 1.82. The first-order valence-corrected chi connectivity index (χ1v) is 11.6. The van der Waals surface area contributed by atoms with Crippen molar-refractivity contribution in [3.63, 3.8) is 0 Å². The third-order valence-electron chi connectivity index (χ3n) is 6.29. The number of piperidine rings is 1. The second-order valence-corrected chi connectivity index (χ2v) is 9.76. The Hall–Kier alpha value is -0.530. The van der Waals surface area contributed by atoms with Crippen LogP contribution in [0.1, 0.15) is 63.6 Å². The third kappa shape index (κ3) is 5.51. The Morgan fingerprint density at radius 2 is 1.89 bits per heavy atom. The van der Waals surface area contributed by atoms with Gasteiger partial charge in [0, 0.05) is 49.7 Å². The minimum Gasteiger partial charge on any atom is -0.396 e. The van der Waals surface area contributed by atoms with Crippen molar-refractivity contribution in [3.05, 3.63) is 16.1 Å². The number of aromatic nitrogens is 1. The van der Waals surface area contributed by atoms with Crippen LogP contribution in [-0.2, 0) is 6.54 Å². The van der Waals surface area contributed by atoms with Gasteiger partial charge in [-0.3, -0.25) is 9.80 Å². The van der Waals surface area contributed by atoms with Crippen molar-refractivity contribution in [1.82, 2.24) is 19.7 Å². The fourth-order valence-corrected chi connectivity index (χ4v) is 5.55. The summed E-state index contributed by atoms with van der Waals surface area (Å²) in [4.78, 5) is 12.7. The summed E-state index contributed by atoms with van der Waals surface area (Å²) in [7, 11) is 0. The van der Waals surface area contributed by atoms with Gasteiger partial charge in [0.25, 0.3) is 0 Å². The maximum absolute atomic E-state index is 9.63. The summed E-state index contributed by atoms with van der Waals surface area (Å²) in [5, 5.41) is 13.1. The molecule has 154 valence electrons. The van der Waals surface area contributed by atoms with E-state index in [1.54, 1.807) is 11.3 Å². The molecule has 5 nitrogen and oxygen atoms in total. The van der Waals surface area contributed by atoms with Gasteiger partial charge in [-0.15, -0.1) is 11.3 Å². The summed E-state index contributed by atoms with van der Waals surface area (Å²) in [6.07, 6.45) is 3.42. The van der Waals surface area contributed by atoms with E-state index in [9.17, 15) is 5.11 Å². The zero-order valence-electron chi connectivity index (χ0n) is 17.6. The Morgan fingerprint density at radius 3 is 2.48 bits per heavy atom. The highest BCUT2D eigenvalue weighted by Crippen LogP contribution is 2.26. The molecule has 1 unspecified atom stereocenters. The molecule has 1 aromatic rings. The van der Waals surface area contributed by atoms with Gasteiger partial charge in [0.15, 0.2) is 0 Å². The third-order valence-corrected chi connectivity index (χ3v) is 7.14. The van der Waals surface area contributed by atoms with Crippen molar-refractivity contribution >= 4 is 11.3 Å². The molecule has 1 aromatic heterocycles. The zero-order chi connectivity index (χ0) is 19.4. The molecule has 0 bridgehead atoms. The molecule has 1 atom stereocenters. The lowest BCUT2D eigenvalue weighted by Gasteiger charge is -2.48. The quantitative estimate of drug-likeness (QED) is 0.770. The van der Waals surface area contributed by atoms with Crippen LogP contribution in [0, 0.1) is 0 Å². The van der Waals surface area contributed by atoms with Crippen molar-refractivity contribution in [1.29, 1.82) is 0 Å². The maximum Gasteiger partial charge on any atom is 0.107 e. The van der Waals surface area contributed by atoms with Crippen LogP contribution in [0.4, 0.5) is 0 Å². The number of aliphatic hydroxyl groups is 1. The Morgan fingerprint density at radius 1 is 1.15 bits per heavy atom. The van der Waals surface area contributed by atoms with Crippen LogP contribution in [0.3, 0.4) is 0 Å². The minimum atomic E-state index is 0.286. The summed E-state index contributed by atoms with van der Waals surface area (Å²) in [5.41, 5.74) is 1.22. The molecule has 0 aliphatic carbocycles. The number of rotatable bonds is 7. The first kappa shape index (κ1) is 21.2. The molecule has 1 N–H and O–H groups in total. The summed E-state index contributed by atoms with van der Waals surface area (Å²) in [6.45, 7) is 16.0. The van der Waals surface area contributed by atoms with Crippen LogP contribution in [0.25, 0.3) is 0 Å². The minimum absolute atomic E-state index is 0.286. The highest BCUT2D eigenvalue weighted by Gasteiger charge is 2.34. The average Bonchev–Trinajstić information content (AvgIpc) is 3.11. The molecular weight excluding hydrogens is 356 g/mol. The first-order chi connectivity index (χ1) is 13.0. The van der Waals surface area contributed by atoms with E-state index in [1.807, 2.05) is 0 Å². The molecule has 0 spiro atoms. The molecule has 27 heavy (non-hydrogen) atoms. The van der Waals surface area contributed by atoms with Crippen molar-refractivity contribution in [3.8, 4) is 0 Å². The van der Waals surface area contributed by atoms with Crippen molar-refractivity contribution < 1.29 is 5.11 Å². The molecule has 3 heterocycles. The van der Waals surface area contributed by atoms with E-state index in [1.165, 1.54) is 36.6 Å². The van der Waals surface area contributed by atoms with Gasteiger partial charge in [-0.1, -0.05) is 13.8 Å². The number of likely N-dealkylation sites (tertiary alicyclic amines) is 1. The van der Waals surface area contributed by atoms with Gasteiger partial charge < -0.3 is 10.0 Å². The van der Waals surface area contributed by atoms with Gasteiger partial charge in [-0.25, -0.2) is 4.98 Å². The Labute approximate surface area is 169 Å². The second-order valence-electron chi connectivity index (χ2n) is 8.82. The van der Waals surface area contributed by atoms with Crippen LogP contribution in [0.5, 0.6) is 0 Å². The van der Waals surface area contributed by atoms with Gasteiger partial charge >= 0.3 is 0 Å². The van der Waals surface area contributed by atoms with Crippen LogP contribution in [-0.4, -0.2) is 82.2 Å². The van der Waals surface area contributed by atoms with Crippen LogP contribution in [0.15, 0.2) is 5.38 Å². The van der Waals surface area contributed by atoms with Crippen molar-refractivity contribution in [2.75, 3.05) is 39.3 Å². The number of hydrogen-bond donors (Lipinski definition) is 1. The van der Waals surface area contributed by atoms with Crippen LogP contribution >= 0.6 is 11.3 Å². The van der Waals surface area contributed by atoms with E-state index in [-0.39, 0.29) is 6.61 Å². The monoisotopic (exact) mass is 394 g/mol. The van der Waals surface area contributed by atoms with Crippen LogP contribution in [0.2, 0.25) is 0 Å². The van der Waals surface area contributed by atoms with E-state index >= 15 is 0 Å². The highest BCUT2D eigenvalue weighted by atomic mass is 32.1. The summed E-state index contributed by atoms with van der Waals surface area (Å²) >= 11 is 1.80. The van der Waals surface area contributed by atoms with Gasteiger partial charge in [-0.05, 0) is 52.1 Å². The normalized spacial score (nSPS) is 24.3. The SMILES string of the molecule is CC(C)c1csc(CN2CCN(C3CCN(C(C)C)CC3)C(CCO)C2)n1. The Balaban J connectivity index is 1.56. The maximum atomic E-state index is 9.63. The van der Waals surface area contributed by atoms with E-state index in [2.05, 4.69) is 47.8 Å². The largest absolute Gasteiger partial charge is 0.396 e. The second kappa shape index (κ2) is 9.79. The molecule has 2 aliphatic heterocycles. The van der Waals surface area contributed by atoms with E-state index in [0.717, 1.165) is 32.6 Å². The van der Waals surface area contributed by atoms with Crippen molar-refractivity contribution in [2.45, 2.75) is 77.5 Å². The van der Waals surface area contributed by atoms with Gasteiger partial charge in [0.2, 0.25) is 0 Å². The predicted octanol–water partition coefficient (Wildman–Crippen LogP) is 3.01. The van der Waals surface area contributed by atoms with E-state index < -0.39 is 0 Å². The molecule has 0 amide bonds. The lowest BCUT2D eigenvalue weighted by Crippen LogP contribution is -2.58. The standard InChI is InChI=1S/C21H38N4OS/c1-16(2)20-15-27-21(22-20)14-23-10-11-25(19(13-23)7-12-26)18-5-8-24(9-6-18)17(3)4/h15-19,26H,5-14H2,1-4H3. The number of aliphatic hydroxyl groups excluding tert-OH is 1. The lowest BCUT2D eigenvalue weighted by atomic mass is 9.97. The van der Waals surface area contributed by atoms with Crippen LogP contribution < -0.4 is 0 Å². The van der Waals surface area contributed by atoms with Gasteiger partial charge in [0.05, 0.1) is 12.2 Å². The summed E-state index contributed by atoms with van der Waals surface area (Å²) < 4.78 is 0. The van der Waals surface area contributed by atoms with Gasteiger partial charge in [-0.2, -0.15) is 0 Å². The van der Waals surface area contributed by atoms with E-state index in [4.69, 9.17) is 4.98 Å². The molecule has 0 aromatic carbocycles. The number of hydrogen-bond acceptors (Lipinski definition) is 6. The molecule has 3 rings (SSSR count). The summed E-state index contributed by atoms with van der Waals surface area (Å²) in [5.74, 6) is 0.505. The molecule has 0 radical (unpaired) electrons. The van der Waals surface area contributed by atoms with Crippen molar-refractivity contribution in [2.24, 2.45) is 0 Å². The lowest BCUT2D eigenvalue weighted by molar-refractivity contribution is -0.0000530. The fraction of sp³-hybridized carbons (Fsp3) is 0.857. The van der Waals surface area contributed by atoms with E-state index in [0.29, 0.717) is 24.0 Å². The smallest absolute Gasteiger partial charge is 0.107 e. The molecule has 6 heteroatoms. The number of thiazole rings is 1. The molecule has 2 aliphatic rings. The predicted molar refractivity (Wildman–Crippen MR) is 113 cm³/mol. The topological polar surface area (TPSA) is 42.8 Å². The molecule has 2 fully saturated rings. The van der Waals surface area contributed by atoms with Gasteiger partial charge in [0.1, 0.15) is 5.01 Å². The molecule has 2 saturated heterocycles. The Bertz CT molecular complexity index is 568. The fourth-order valence-electron chi connectivity index (χ4n) is 4.55. The first-order valence-electron chi connectivity index (χ1n) is 10.7. The zero-order valence-corrected chi connectivity index (χ0v) is 18.4. The molecular formula is C21H38N4OS. The average molecular weight is 395 g/mol. The Kier molecular flexibility index (Phi) is 7.68. The number of piperazine rings is 1. The highest BCUT2D eigenvalue weighted by molar-refractivity contribution is 7.09. The molecule has 0 saturated carbocycles. The number of nitrogens with zero attached hydrogens (tertiary/aromatic N) is 4.